The Kier molecular flexibility index (Phi) is 2.35. The molecule has 5 fully saturated rings. The van der Waals surface area contributed by atoms with E-state index in [1.54, 1.807) is 0 Å². The van der Waals surface area contributed by atoms with Gasteiger partial charge < -0.3 is 0 Å². The second-order valence-electron chi connectivity index (χ2n) is 10.6. The zero-order chi connectivity index (χ0) is 17.4. The van der Waals surface area contributed by atoms with Crippen molar-refractivity contribution in [2.75, 3.05) is 0 Å². The normalized spacial score (nSPS) is 62.6. The first kappa shape index (κ1) is 14.6. The lowest BCUT2D eigenvalue weighted by Crippen LogP contribution is -2.59. The Morgan fingerprint density at radius 3 is 2.54 bits per heavy atom. The van der Waals surface area contributed by atoms with Gasteiger partial charge in [0.05, 0.1) is 0 Å². The molecule has 11 atom stereocenters. The number of carbonyl (C=O) groups excluding carboxylic acids is 2. The molecule has 26 heavy (non-hydrogen) atoms. The lowest BCUT2D eigenvalue weighted by Gasteiger charge is -2.58. The number of hydrogen-bond acceptors (Lipinski definition) is 2. The molecule has 1 spiro atoms. The summed E-state index contributed by atoms with van der Waals surface area (Å²) in [6.45, 7) is 2.24. The minimum absolute atomic E-state index is 0.0813. The second kappa shape index (κ2) is 4.18. The third-order valence-corrected chi connectivity index (χ3v) is 10.1. The van der Waals surface area contributed by atoms with Gasteiger partial charge in [-0.1, -0.05) is 43.4 Å². The van der Waals surface area contributed by atoms with Crippen molar-refractivity contribution >= 4 is 11.6 Å². The van der Waals surface area contributed by atoms with Crippen LogP contribution in [0.15, 0.2) is 36.5 Å². The molecule has 0 aromatic carbocycles. The predicted octanol–water partition coefficient (Wildman–Crippen LogP) is 3.99. The number of carbonyl (C=O) groups is 2. The molecule has 5 saturated carbocycles. The van der Waals surface area contributed by atoms with Crippen molar-refractivity contribution < 1.29 is 9.59 Å². The van der Waals surface area contributed by atoms with Crippen LogP contribution in [0.4, 0.5) is 0 Å². The summed E-state index contributed by atoms with van der Waals surface area (Å²) < 4.78 is 0. The molecule has 0 radical (unpaired) electrons. The molecular formula is C24H26O2. The first-order valence-electron chi connectivity index (χ1n) is 10.7. The third-order valence-electron chi connectivity index (χ3n) is 10.1. The molecular weight excluding hydrogens is 320 g/mol. The van der Waals surface area contributed by atoms with Gasteiger partial charge in [-0.3, -0.25) is 9.59 Å². The smallest absolute Gasteiger partial charge is 0.147 e. The molecule has 0 unspecified atom stereocenters. The van der Waals surface area contributed by atoms with Gasteiger partial charge in [0.2, 0.25) is 0 Å². The van der Waals surface area contributed by atoms with Gasteiger partial charge >= 0.3 is 0 Å². The molecule has 0 saturated heterocycles. The van der Waals surface area contributed by atoms with Crippen LogP contribution in [0.3, 0.4) is 0 Å². The molecule has 0 aliphatic heterocycles. The van der Waals surface area contributed by atoms with Gasteiger partial charge in [-0.2, -0.15) is 0 Å². The summed E-state index contributed by atoms with van der Waals surface area (Å²) in [4.78, 5) is 27.4. The average molecular weight is 346 g/mol. The van der Waals surface area contributed by atoms with Crippen LogP contribution in [0.25, 0.3) is 0 Å². The quantitative estimate of drug-likeness (QED) is 0.622. The number of allylic oxidation sites excluding steroid dienone is 6. The zero-order valence-corrected chi connectivity index (χ0v) is 15.3. The Hall–Kier alpha value is -1.44. The minimum Gasteiger partial charge on any atom is -0.299 e. The Morgan fingerprint density at radius 1 is 0.923 bits per heavy atom. The van der Waals surface area contributed by atoms with Gasteiger partial charge in [0, 0.05) is 22.7 Å². The summed E-state index contributed by atoms with van der Waals surface area (Å²) in [5, 5.41) is 0. The van der Waals surface area contributed by atoms with E-state index in [0.29, 0.717) is 53.0 Å². The predicted molar refractivity (Wildman–Crippen MR) is 97.9 cm³/mol. The Labute approximate surface area is 154 Å². The van der Waals surface area contributed by atoms with E-state index in [-0.39, 0.29) is 22.7 Å². The Balaban J connectivity index is 1.42. The molecule has 0 aromatic heterocycles. The van der Waals surface area contributed by atoms with Crippen molar-refractivity contribution in [1.29, 1.82) is 0 Å². The van der Waals surface area contributed by atoms with Crippen LogP contribution in [0, 0.1) is 64.1 Å². The van der Waals surface area contributed by atoms with Crippen LogP contribution in [0.5, 0.6) is 0 Å². The van der Waals surface area contributed by atoms with Gasteiger partial charge in [-0.05, 0) is 67.1 Å². The summed E-state index contributed by atoms with van der Waals surface area (Å²) in [6.07, 6.45) is 18.0. The van der Waals surface area contributed by atoms with Crippen molar-refractivity contribution in [1.82, 2.24) is 0 Å². The Morgan fingerprint density at radius 2 is 1.69 bits per heavy atom. The van der Waals surface area contributed by atoms with E-state index in [1.165, 1.54) is 0 Å². The molecule has 9 aliphatic rings. The van der Waals surface area contributed by atoms with E-state index in [2.05, 4.69) is 43.4 Å². The van der Waals surface area contributed by atoms with E-state index < -0.39 is 0 Å². The molecule has 134 valence electrons. The number of rotatable bonds is 0. The van der Waals surface area contributed by atoms with E-state index >= 15 is 0 Å². The first-order chi connectivity index (χ1) is 12.6. The van der Waals surface area contributed by atoms with E-state index in [0.717, 1.165) is 25.7 Å². The molecule has 2 nitrogen and oxygen atoms in total. The van der Waals surface area contributed by atoms with Crippen LogP contribution in [-0.2, 0) is 9.59 Å². The van der Waals surface area contributed by atoms with E-state index in [4.69, 9.17) is 0 Å². The summed E-state index contributed by atoms with van der Waals surface area (Å²) in [5.41, 5.74) is -0.479. The van der Waals surface area contributed by atoms with Gasteiger partial charge in [0.1, 0.15) is 11.6 Å². The van der Waals surface area contributed by atoms with Crippen molar-refractivity contribution in [3.63, 3.8) is 0 Å². The van der Waals surface area contributed by atoms with Crippen molar-refractivity contribution in [3.05, 3.63) is 36.5 Å². The lowest BCUT2D eigenvalue weighted by molar-refractivity contribution is -0.158. The molecule has 0 heterocycles. The van der Waals surface area contributed by atoms with Crippen LogP contribution >= 0.6 is 0 Å². The second-order valence-corrected chi connectivity index (χ2v) is 10.6. The van der Waals surface area contributed by atoms with Gasteiger partial charge in [-0.15, -0.1) is 0 Å². The standard InChI is InChI=1S/C24H26O2/c1-23-11-24(18-9-8-16(22(24)26)12-4-2-6-14(12)18)19-10-17(21(23)25)13-5-3-7-15(13)20(19)23/h2-5,8-9,12-20H,6-7,10-11H2,1H3/t12-,13+,14+,15-,16-,17+,18+,19-,20+,23-,24-/m1/s1. The van der Waals surface area contributed by atoms with Crippen molar-refractivity contribution in [2.24, 2.45) is 64.1 Å². The molecule has 0 amide bonds. The molecule has 9 aliphatic carbocycles. The highest BCUT2D eigenvalue weighted by molar-refractivity contribution is 5.97. The van der Waals surface area contributed by atoms with Crippen LogP contribution in [-0.4, -0.2) is 11.6 Å². The van der Waals surface area contributed by atoms with Crippen LogP contribution in [0.2, 0.25) is 0 Å². The summed E-state index contributed by atoms with van der Waals surface area (Å²) in [7, 11) is 0. The maximum Gasteiger partial charge on any atom is 0.147 e. The molecule has 9 rings (SSSR count). The van der Waals surface area contributed by atoms with Crippen molar-refractivity contribution in [3.8, 4) is 0 Å². The molecule has 6 bridgehead atoms. The summed E-state index contributed by atoms with van der Waals surface area (Å²) in [6, 6.07) is 0. The fourth-order valence-corrected chi connectivity index (χ4v) is 9.55. The number of ketones is 2. The number of hydrogen-bond donors (Lipinski definition) is 0. The maximum atomic E-state index is 13.9. The number of Topliss-reactive ketones (excluding diaryl/α,β-unsaturated/α-hetero) is 2. The topological polar surface area (TPSA) is 34.1 Å². The monoisotopic (exact) mass is 346 g/mol. The highest BCUT2D eigenvalue weighted by Gasteiger charge is 2.77. The highest BCUT2D eigenvalue weighted by atomic mass is 16.1. The highest BCUT2D eigenvalue weighted by Crippen LogP contribution is 2.77. The van der Waals surface area contributed by atoms with Crippen LogP contribution in [0.1, 0.15) is 32.6 Å². The first-order valence-corrected chi connectivity index (χ1v) is 10.7. The van der Waals surface area contributed by atoms with Gasteiger partial charge in [-0.25, -0.2) is 0 Å². The van der Waals surface area contributed by atoms with Gasteiger partial charge in [0.15, 0.2) is 0 Å². The van der Waals surface area contributed by atoms with Crippen molar-refractivity contribution in [2.45, 2.75) is 32.6 Å². The third kappa shape index (κ3) is 1.25. The summed E-state index contributed by atoms with van der Waals surface area (Å²) >= 11 is 0. The molecule has 2 heteroatoms. The van der Waals surface area contributed by atoms with E-state index in [1.807, 2.05) is 0 Å². The lowest BCUT2D eigenvalue weighted by atomic mass is 9.44. The average Bonchev–Trinajstić information content (AvgIpc) is 3.34. The minimum atomic E-state index is -0.247. The Bertz CT molecular complexity index is 848. The summed E-state index contributed by atoms with van der Waals surface area (Å²) in [5.74, 6) is 4.67. The zero-order valence-electron chi connectivity index (χ0n) is 15.3. The fraction of sp³-hybridized carbons (Fsp3) is 0.667. The van der Waals surface area contributed by atoms with E-state index in [9.17, 15) is 9.59 Å². The van der Waals surface area contributed by atoms with Crippen LogP contribution < -0.4 is 0 Å². The largest absolute Gasteiger partial charge is 0.299 e. The SMILES string of the molecule is C[C@]12C[C@]3(C(=O)[C@@H]4C=C[C@H]3[C@H]3CC=C[C@H]34)[C@@H]3C[C@H](C1=O)[C@H]1C=CC[C@H]1[C@@H]32. The molecule has 0 N–H and O–H groups in total. The fourth-order valence-electron chi connectivity index (χ4n) is 9.55. The molecule has 0 aromatic rings. The maximum absolute atomic E-state index is 13.9. The van der Waals surface area contributed by atoms with Gasteiger partial charge in [0.25, 0.3) is 0 Å².